The number of aliphatic carboxylic acids is 2. The molecule has 6 nitrogen and oxygen atoms in total. The Morgan fingerprint density at radius 3 is 1.25 bits per heavy atom. The Labute approximate surface area is 204 Å². The van der Waals surface area contributed by atoms with Gasteiger partial charge in [0.2, 0.25) is 0 Å². The van der Waals surface area contributed by atoms with E-state index < -0.39 is 24.0 Å². The third-order valence-corrected chi connectivity index (χ3v) is 3.03. The topological polar surface area (TPSA) is 104 Å². The van der Waals surface area contributed by atoms with Crippen molar-refractivity contribution in [3.63, 3.8) is 0 Å². The maximum atomic E-state index is 11.3. The first kappa shape index (κ1) is 23.6. The van der Waals surface area contributed by atoms with E-state index in [9.17, 15) is 19.8 Å². The van der Waals surface area contributed by atoms with Gasteiger partial charge in [0, 0.05) is 11.4 Å². The maximum Gasteiger partial charge on any atom is 1.00 e. The zero-order valence-electron chi connectivity index (χ0n) is 13.6. The monoisotopic (exact) mass is 360 g/mol. The molecule has 2 atom stereocenters. The Balaban J connectivity index is 0.00000264. The number of carboxylic acid groups (broad SMARTS) is 2. The summed E-state index contributed by atoms with van der Waals surface area (Å²) in [6, 6.07) is 13.9. The maximum absolute atomic E-state index is 11.3. The Bertz CT molecular complexity index is 586. The minimum atomic E-state index is -1.54. The SMILES string of the molecule is O=C([O-])C(Nc1ccccc1)C(Nc1ccccc1)C(=O)[O-].[K+].[Na+]. The summed E-state index contributed by atoms with van der Waals surface area (Å²) in [5, 5.41) is 27.9. The van der Waals surface area contributed by atoms with Crippen molar-refractivity contribution in [3.8, 4) is 0 Å². The summed E-state index contributed by atoms with van der Waals surface area (Å²) in [5.41, 5.74) is 0.940. The third-order valence-electron chi connectivity index (χ3n) is 3.03. The zero-order valence-corrected chi connectivity index (χ0v) is 18.7. The largest absolute Gasteiger partial charge is 1.00 e. The molecular weight excluding hydrogens is 346 g/mol. The number of anilines is 2. The summed E-state index contributed by atoms with van der Waals surface area (Å²) in [4.78, 5) is 22.7. The molecule has 2 N–H and O–H groups in total. The van der Waals surface area contributed by atoms with E-state index in [-0.39, 0.29) is 80.9 Å². The Morgan fingerprint density at radius 2 is 1.00 bits per heavy atom. The summed E-state index contributed by atoms with van der Waals surface area (Å²) in [7, 11) is 0. The van der Waals surface area contributed by atoms with Gasteiger partial charge in [-0.2, -0.15) is 0 Å². The van der Waals surface area contributed by atoms with Crippen LogP contribution in [-0.2, 0) is 9.59 Å². The minimum absolute atomic E-state index is 0. The van der Waals surface area contributed by atoms with Gasteiger partial charge in [0.1, 0.15) is 0 Å². The van der Waals surface area contributed by atoms with Crippen LogP contribution in [0.5, 0.6) is 0 Å². The normalized spacial score (nSPS) is 11.8. The molecule has 0 spiro atoms. The molecule has 2 aromatic rings. The molecule has 24 heavy (non-hydrogen) atoms. The fourth-order valence-electron chi connectivity index (χ4n) is 1.98. The molecule has 0 radical (unpaired) electrons. The fourth-order valence-corrected chi connectivity index (χ4v) is 1.98. The van der Waals surface area contributed by atoms with E-state index in [0.717, 1.165) is 0 Å². The quantitative estimate of drug-likeness (QED) is 0.476. The number of nitrogens with one attached hydrogen (secondary N) is 2. The van der Waals surface area contributed by atoms with Gasteiger partial charge in [0.15, 0.2) is 0 Å². The van der Waals surface area contributed by atoms with E-state index in [1.807, 2.05) is 0 Å². The molecule has 0 aliphatic rings. The molecule has 0 aliphatic heterocycles. The van der Waals surface area contributed by atoms with E-state index in [4.69, 9.17) is 0 Å². The van der Waals surface area contributed by atoms with Crippen LogP contribution in [0.25, 0.3) is 0 Å². The molecule has 0 heterocycles. The minimum Gasteiger partial charge on any atom is -0.548 e. The smallest absolute Gasteiger partial charge is 0.548 e. The zero-order chi connectivity index (χ0) is 15.9. The predicted octanol–water partition coefficient (Wildman–Crippen LogP) is -6.54. The second-order valence-corrected chi connectivity index (χ2v) is 4.61. The first-order valence-corrected chi connectivity index (χ1v) is 6.63. The predicted molar refractivity (Wildman–Crippen MR) is 77.7 cm³/mol. The molecular formula is C16H14KN2NaO4. The Morgan fingerprint density at radius 1 is 0.708 bits per heavy atom. The Hall–Kier alpha value is -0.384. The van der Waals surface area contributed by atoms with E-state index in [0.29, 0.717) is 11.4 Å². The van der Waals surface area contributed by atoms with Gasteiger partial charge in [0.25, 0.3) is 0 Å². The first-order valence-electron chi connectivity index (χ1n) is 6.63. The molecule has 2 aromatic carbocycles. The molecule has 0 aliphatic carbocycles. The molecule has 2 rings (SSSR count). The van der Waals surface area contributed by atoms with Crippen molar-refractivity contribution in [2.24, 2.45) is 0 Å². The first-order chi connectivity index (χ1) is 10.6. The van der Waals surface area contributed by atoms with E-state index in [1.54, 1.807) is 60.7 Å². The van der Waals surface area contributed by atoms with Crippen LogP contribution in [0.4, 0.5) is 11.4 Å². The summed E-state index contributed by atoms with van der Waals surface area (Å²) >= 11 is 0. The van der Waals surface area contributed by atoms with E-state index >= 15 is 0 Å². The number of hydrogen-bond donors (Lipinski definition) is 2. The van der Waals surface area contributed by atoms with Gasteiger partial charge in [0.05, 0.1) is 24.0 Å². The van der Waals surface area contributed by atoms with Crippen molar-refractivity contribution in [2.75, 3.05) is 10.6 Å². The van der Waals surface area contributed by atoms with Crippen LogP contribution in [0.2, 0.25) is 0 Å². The Kier molecular flexibility index (Phi) is 11.9. The number of carboxylic acids is 2. The second-order valence-electron chi connectivity index (χ2n) is 4.61. The summed E-state index contributed by atoms with van der Waals surface area (Å²) in [5.74, 6) is -3.08. The number of carbonyl (C=O) groups excluding carboxylic acids is 2. The molecule has 0 bridgehead atoms. The van der Waals surface area contributed by atoms with E-state index in [2.05, 4.69) is 10.6 Å². The molecule has 0 saturated heterocycles. The fraction of sp³-hybridized carbons (Fsp3) is 0.125. The van der Waals surface area contributed by atoms with Gasteiger partial charge in [-0.25, -0.2) is 0 Å². The molecule has 114 valence electrons. The van der Waals surface area contributed by atoms with Crippen LogP contribution in [0.3, 0.4) is 0 Å². The summed E-state index contributed by atoms with van der Waals surface area (Å²) in [6.45, 7) is 0. The van der Waals surface area contributed by atoms with Gasteiger partial charge in [-0.3, -0.25) is 0 Å². The van der Waals surface area contributed by atoms with E-state index in [1.165, 1.54) is 0 Å². The molecule has 0 fully saturated rings. The van der Waals surface area contributed by atoms with Crippen LogP contribution in [0.1, 0.15) is 0 Å². The number of hydrogen-bond acceptors (Lipinski definition) is 6. The molecule has 8 heteroatoms. The average Bonchev–Trinajstić information content (AvgIpc) is 2.52. The van der Waals surface area contributed by atoms with Crippen molar-refractivity contribution in [3.05, 3.63) is 60.7 Å². The van der Waals surface area contributed by atoms with Crippen molar-refractivity contribution < 1.29 is 101 Å². The van der Waals surface area contributed by atoms with Gasteiger partial charge in [-0.15, -0.1) is 0 Å². The van der Waals surface area contributed by atoms with Crippen LogP contribution < -0.4 is 102 Å². The summed E-state index contributed by atoms with van der Waals surface area (Å²) in [6.07, 6.45) is 0. The molecule has 0 saturated carbocycles. The second kappa shape index (κ2) is 12.0. The van der Waals surface area contributed by atoms with Crippen LogP contribution in [0.15, 0.2) is 60.7 Å². The van der Waals surface area contributed by atoms with Crippen molar-refractivity contribution >= 4 is 23.3 Å². The van der Waals surface area contributed by atoms with Crippen molar-refractivity contribution in [2.45, 2.75) is 12.1 Å². The molecule has 2 unspecified atom stereocenters. The van der Waals surface area contributed by atoms with Crippen LogP contribution in [0, 0.1) is 0 Å². The van der Waals surface area contributed by atoms with Crippen molar-refractivity contribution in [1.29, 1.82) is 0 Å². The van der Waals surface area contributed by atoms with Crippen LogP contribution in [-0.4, -0.2) is 24.0 Å². The van der Waals surface area contributed by atoms with Crippen molar-refractivity contribution in [1.82, 2.24) is 0 Å². The van der Waals surface area contributed by atoms with Gasteiger partial charge < -0.3 is 30.4 Å². The number of rotatable bonds is 7. The van der Waals surface area contributed by atoms with Gasteiger partial charge in [-0.05, 0) is 24.3 Å². The van der Waals surface area contributed by atoms with Gasteiger partial charge >= 0.3 is 80.9 Å². The molecule has 0 aromatic heterocycles. The molecule has 0 amide bonds. The number of carbonyl (C=O) groups is 2. The van der Waals surface area contributed by atoms with Crippen LogP contribution >= 0.6 is 0 Å². The average molecular weight is 360 g/mol. The number of para-hydroxylation sites is 2. The third kappa shape index (κ3) is 7.24. The van der Waals surface area contributed by atoms with Gasteiger partial charge in [-0.1, -0.05) is 36.4 Å². The summed E-state index contributed by atoms with van der Waals surface area (Å²) < 4.78 is 0. The standard InChI is InChI=1S/C16H16N2O4.K.Na/c19-15(20)13(17-11-7-3-1-4-8-11)14(16(21)22)18-12-9-5-2-6-10-12;;/h1-10,13-14,17-18H,(H,19,20)(H,21,22);;/q;2*+1/p-2. The number of benzene rings is 2.